The van der Waals surface area contributed by atoms with Crippen molar-refractivity contribution in [2.75, 3.05) is 7.05 Å². The highest BCUT2D eigenvalue weighted by Crippen LogP contribution is 2.16. The van der Waals surface area contributed by atoms with Crippen molar-refractivity contribution in [1.29, 1.82) is 0 Å². The molecule has 0 spiro atoms. The third-order valence-electron chi connectivity index (χ3n) is 3.47. The van der Waals surface area contributed by atoms with Crippen molar-refractivity contribution in [3.05, 3.63) is 28.7 Å². The summed E-state index contributed by atoms with van der Waals surface area (Å²) in [5.41, 5.74) is 3.53. The number of rotatable bonds is 5. The highest BCUT2D eigenvalue weighted by Gasteiger charge is 2.15. The molecule has 2 heterocycles. The maximum absolute atomic E-state index is 5.63. The zero-order valence-electron chi connectivity index (χ0n) is 13.1. The molecule has 6 heteroatoms. The Bertz CT molecular complexity index is 584. The number of aryl methyl sites for hydroxylation is 2. The normalized spacial score (nSPS) is 11.8. The highest BCUT2D eigenvalue weighted by atomic mass is 16.4. The molecule has 0 aliphatic rings. The lowest BCUT2D eigenvalue weighted by atomic mass is 10.2. The molecule has 0 fully saturated rings. The summed E-state index contributed by atoms with van der Waals surface area (Å²) < 4.78 is 7.55. The Morgan fingerprint density at radius 3 is 2.40 bits per heavy atom. The molecule has 110 valence electrons. The zero-order chi connectivity index (χ0) is 14.9. The van der Waals surface area contributed by atoms with Gasteiger partial charge in [0.05, 0.1) is 12.2 Å². The molecule has 6 nitrogen and oxygen atoms in total. The number of hydrogen-bond donors (Lipinski definition) is 0. The van der Waals surface area contributed by atoms with E-state index in [1.807, 2.05) is 39.5 Å². The molecule has 0 bridgehead atoms. The smallest absolute Gasteiger partial charge is 0.230 e. The molecule has 0 unspecified atom stereocenters. The Hall–Kier alpha value is -1.69. The standard InChI is InChI=1S/C14H23N5O/c1-9(2)14-16-15-13(20-14)8-18(5)7-12-10(3)17-19(6)11(12)4/h9H,7-8H2,1-6H3. The van der Waals surface area contributed by atoms with Crippen molar-refractivity contribution in [3.63, 3.8) is 0 Å². The lowest BCUT2D eigenvalue weighted by Crippen LogP contribution is -2.18. The Kier molecular flexibility index (Phi) is 4.23. The van der Waals surface area contributed by atoms with Gasteiger partial charge in [0.1, 0.15) is 0 Å². The number of aromatic nitrogens is 4. The SMILES string of the molecule is Cc1nn(C)c(C)c1CN(C)Cc1nnc(C(C)C)o1. The van der Waals surface area contributed by atoms with Crippen molar-refractivity contribution in [2.24, 2.45) is 7.05 Å². The van der Waals surface area contributed by atoms with Crippen LogP contribution in [0.2, 0.25) is 0 Å². The Morgan fingerprint density at radius 2 is 1.90 bits per heavy atom. The lowest BCUT2D eigenvalue weighted by molar-refractivity contribution is 0.274. The quantitative estimate of drug-likeness (QED) is 0.838. The molecule has 2 rings (SSSR count). The van der Waals surface area contributed by atoms with Crippen LogP contribution in [0.5, 0.6) is 0 Å². The fraction of sp³-hybridized carbons (Fsp3) is 0.643. The van der Waals surface area contributed by atoms with Crippen LogP contribution in [-0.2, 0) is 20.1 Å². The molecular weight excluding hydrogens is 254 g/mol. The molecular formula is C14H23N5O. The summed E-state index contributed by atoms with van der Waals surface area (Å²) >= 11 is 0. The van der Waals surface area contributed by atoms with E-state index in [0.29, 0.717) is 18.3 Å². The predicted octanol–water partition coefficient (Wildman–Crippen LogP) is 2.18. The van der Waals surface area contributed by atoms with Gasteiger partial charge in [0, 0.05) is 30.8 Å². The van der Waals surface area contributed by atoms with Gasteiger partial charge < -0.3 is 4.42 Å². The molecule has 20 heavy (non-hydrogen) atoms. The first kappa shape index (κ1) is 14.7. The second-order valence-corrected chi connectivity index (χ2v) is 5.63. The molecule has 0 amide bonds. The van der Waals surface area contributed by atoms with Crippen LogP contribution >= 0.6 is 0 Å². The van der Waals surface area contributed by atoms with Crippen LogP contribution in [0.4, 0.5) is 0 Å². The van der Waals surface area contributed by atoms with Crippen molar-refractivity contribution in [1.82, 2.24) is 24.9 Å². The van der Waals surface area contributed by atoms with Crippen molar-refractivity contribution >= 4 is 0 Å². The predicted molar refractivity (Wildman–Crippen MR) is 76.2 cm³/mol. The summed E-state index contributed by atoms with van der Waals surface area (Å²) in [6.07, 6.45) is 0. The summed E-state index contributed by atoms with van der Waals surface area (Å²) in [5.74, 6) is 1.63. The Balaban J connectivity index is 2.03. The van der Waals surface area contributed by atoms with Gasteiger partial charge >= 0.3 is 0 Å². The summed E-state index contributed by atoms with van der Waals surface area (Å²) in [7, 11) is 4.02. The van der Waals surface area contributed by atoms with Gasteiger partial charge in [-0.2, -0.15) is 5.10 Å². The minimum Gasteiger partial charge on any atom is -0.424 e. The van der Waals surface area contributed by atoms with Gasteiger partial charge in [-0.25, -0.2) is 0 Å². The summed E-state index contributed by atoms with van der Waals surface area (Å²) in [5, 5.41) is 12.6. The summed E-state index contributed by atoms with van der Waals surface area (Å²) in [6, 6.07) is 0. The Morgan fingerprint density at radius 1 is 1.20 bits per heavy atom. The monoisotopic (exact) mass is 277 g/mol. The maximum atomic E-state index is 5.63. The molecule has 0 atom stereocenters. The fourth-order valence-electron chi connectivity index (χ4n) is 2.17. The van der Waals surface area contributed by atoms with E-state index in [0.717, 1.165) is 12.2 Å². The first-order chi connectivity index (χ1) is 9.38. The minimum absolute atomic E-state index is 0.268. The third-order valence-corrected chi connectivity index (χ3v) is 3.47. The van der Waals surface area contributed by atoms with Crippen LogP contribution < -0.4 is 0 Å². The van der Waals surface area contributed by atoms with Gasteiger partial charge in [0.15, 0.2) is 0 Å². The molecule has 2 aromatic heterocycles. The van der Waals surface area contributed by atoms with Crippen LogP contribution in [0.3, 0.4) is 0 Å². The minimum atomic E-state index is 0.268. The largest absolute Gasteiger partial charge is 0.424 e. The van der Waals surface area contributed by atoms with Gasteiger partial charge in [-0.1, -0.05) is 13.8 Å². The van der Waals surface area contributed by atoms with E-state index in [-0.39, 0.29) is 5.92 Å². The van der Waals surface area contributed by atoms with Crippen LogP contribution in [0, 0.1) is 13.8 Å². The van der Waals surface area contributed by atoms with Crippen LogP contribution in [-0.4, -0.2) is 31.9 Å². The van der Waals surface area contributed by atoms with Crippen LogP contribution in [0.15, 0.2) is 4.42 Å². The van der Waals surface area contributed by atoms with Crippen molar-refractivity contribution in [3.8, 4) is 0 Å². The van der Waals surface area contributed by atoms with E-state index in [1.54, 1.807) is 0 Å². The van der Waals surface area contributed by atoms with Gasteiger partial charge in [-0.3, -0.25) is 9.58 Å². The first-order valence-electron chi connectivity index (χ1n) is 6.88. The molecule has 0 aromatic carbocycles. The average Bonchev–Trinajstić information content (AvgIpc) is 2.91. The van der Waals surface area contributed by atoms with Gasteiger partial charge in [0.2, 0.25) is 11.8 Å². The molecule has 0 saturated carbocycles. The van der Waals surface area contributed by atoms with Crippen LogP contribution in [0.25, 0.3) is 0 Å². The molecule has 0 saturated heterocycles. The van der Waals surface area contributed by atoms with E-state index in [2.05, 4.69) is 27.1 Å². The number of nitrogens with zero attached hydrogens (tertiary/aromatic N) is 5. The van der Waals surface area contributed by atoms with Crippen molar-refractivity contribution < 1.29 is 4.42 Å². The van der Waals surface area contributed by atoms with E-state index >= 15 is 0 Å². The summed E-state index contributed by atoms with van der Waals surface area (Å²) in [6.45, 7) is 9.69. The molecule has 0 aliphatic carbocycles. The maximum Gasteiger partial charge on any atom is 0.230 e. The first-order valence-corrected chi connectivity index (χ1v) is 6.88. The van der Waals surface area contributed by atoms with Crippen LogP contribution in [0.1, 0.15) is 48.5 Å². The van der Waals surface area contributed by atoms with Gasteiger partial charge in [-0.15, -0.1) is 10.2 Å². The van der Waals surface area contributed by atoms with E-state index in [1.165, 1.54) is 11.3 Å². The molecule has 0 aliphatic heterocycles. The highest BCUT2D eigenvalue weighted by molar-refractivity contribution is 5.24. The topological polar surface area (TPSA) is 60.0 Å². The van der Waals surface area contributed by atoms with Gasteiger partial charge in [-0.05, 0) is 20.9 Å². The zero-order valence-corrected chi connectivity index (χ0v) is 13.1. The number of hydrogen-bond acceptors (Lipinski definition) is 5. The molecule has 2 aromatic rings. The van der Waals surface area contributed by atoms with E-state index in [4.69, 9.17) is 4.42 Å². The molecule has 0 radical (unpaired) electrons. The third kappa shape index (κ3) is 3.07. The lowest BCUT2D eigenvalue weighted by Gasteiger charge is -2.14. The van der Waals surface area contributed by atoms with E-state index < -0.39 is 0 Å². The van der Waals surface area contributed by atoms with Crippen molar-refractivity contribution in [2.45, 2.75) is 46.7 Å². The average molecular weight is 277 g/mol. The second-order valence-electron chi connectivity index (χ2n) is 5.63. The summed E-state index contributed by atoms with van der Waals surface area (Å²) in [4.78, 5) is 2.16. The molecule has 0 N–H and O–H groups in total. The fourth-order valence-corrected chi connectivity index (χ4v) is 2.17. The van der Waals surface area contributed by atoms with E-state index in [9.17, 15) is 0 Å². The second kappa shape index (κ2) is 5.75. The van der Waals surface area contributed by atoms with Gasteiger partial charge in [0.25, 0.3) is 0 Å². The Labute approximate surface area is 119 Å².